The SMILES string of the molecule is C[NH+]([O-])Cc1ccc(C(F)(F)F)cc1. The number of benzene rings is 1. The summed E-state index contributed by atoms with van der Waals surface area (Å²) in [6, 6.07) is 4.62. The molecule has 2 nitrogen and oxygen atoms in total. The van der Waals surface area contributed by atoms with Gasteiger partial charge in [-0.1, -0.05) is 12.1 Å². The van der Waals surface area contributed by atoms with E-state index in [0.29, 0.717) is 5.56 Å². The summed E-state index contributed by atoms with van der Waals surface area (Å²) >= 11 is 0. The molecule has 1 unspecified atom stereocenters. The number of nitrogens with one attached hydrogen (secondary N) is 1. The Balaban J connectivity index is 2.79. The van der Waals surface area contributed by atoms with E-state index < -0.39 is 11.7 Å². The summed E-state index contributed by atoms with van der Waals surface area (Å²) in [5.41, 5.74) is -0.0877. The largest absolute Gasteiger partial charge is 0.634 e. The zero-order chi connectivity index (χ0) is 10.8. The van der Waals surface area contributed by atoms with Crippen LogP contribution in [0.2, 0.25) is 0 Å². The van der Waals surface area contributed by atoms with E-state index in [1.54, 1.807) is 0 Å². The first-order valence-corrected chi connectivity index (χ1v) is 4.05. The fourth-order valence-corrected chi connectivity index (χ4v) is 1.10. The van der Waals surface area contributed by atoms with Crippen LogP contribution in [0.25, 0.3) is 0 Å². The first-order valence-electron chi connectivity index (χ1n) is 4.05. The average Bonchev–Trinajstić information content (AvgIpc) is 2.02. The average molecular weight is 205 g/mol. The van der Waals surface area contributed by atoms with Crippen molar-refractivity contribution in [2.24, 2.45) is 0 Å². The van der Waals surface area contributed by atoms with Gasteiger partial charge in [0.25, 0.3) is 0 Å². The summed E-state index contributed by atoms with van der Waals surface area (Å²) in [5.74, 6) is 0. The van der Waals surface area contributed by atoms with Crippen molar-refractivity contribution in [2.45, 2.75) is 12.7 Å². The van der Waals surface area contributed by atoms with Crippen LogP contribution in [0.1, 0.15) is 11.1 Å². The van der Waals surface area contributed by atoms with E-state index in [1.165, 1.54) is 19.2 Å². The van der Waals surface area contributed by atoms with Crippen LogP contribution < -0.4 is 5.06 Å². The lowest BCUT2D eigenvalue weighted by Gasteiger charge is -2.16. The molecule has 0 aromatic heterocycles. The first kappa shape index (κ1) is 11.0. The maximum Gasteiger partial charge on any atom is 0.416 e. The minimum absolute atomic E-state index is 0.0650. The Morgan fingerprint density at radius 1 is 1.21 bits per heavy atom. The minimum atomic E-state index is -4.31. The molecule has 78 valence electrons. The minimum Gasteiger partial charge on any atom is -0.634 e. The second kappa shape index (κ2) is 3.98. The van der Waals surface area contributed by atoms with Crippen LogP contribution >= 0.6 is 0 Å². The molecule has 0 aliphatic carbocycles. The second-order valence-electron chi connectivity index (χ2n) is 3.07. The molecule has 5 heteroatoms. The quantitative estimate of drug-likeness (QED) is 0.722. The zero-order valence-electron chi connectivity index (χ0n) is 7.56. The van der Waals surface area contributed by atoms with Crippen molar-refractivity contribution < 1.29 is 18.2 Å². The predicted octanol–water partition coefficient (Wildman–Crippen LogP) is 1.22. The molecule has 1 N–H and O–H groups in total. The van der Waals surface area contributed by atoms with E-state index in [2.05, 4.69) is 0 Å². The zero-order valence-corrected chi connectivity index (χ0v) is 7.56. The van der Waals surface area contributed by atoms with Crippen LogP contribution in [0.3, 0.4) is 0 Å². The Bertz CT molecular complexity index is 292. The molecule has 0 fully saturated rings. The van der Waals surface area contributed by atoms with Crippen molar-refractivity contribution >= 4 is 0 Å². The van der Waals surface area contributed by atoms with Gasteiger partial charge in [-0.15, -0.1) is 0 Å². The number of alkyl halides is 3. The molecule has 0 amide bonds. The Morgan fingerprint density at radius 2 is 1.71 bits per heavy atom. The van der Waals surface area contributed by atoms with Gasteiger partial charge in [0, 0.05) is 5.56 Å². The Kier molecular flexibility index (Phi) is 3.13. The predicted molar refractivity (Wildman–Crippen MR) is 45.4 cm³/mol. The molecule has 0 bridgehead atoms. The highest BCUT2D eigenvalue weighted by Crippen LogP contribution is 2.28. The Hall–Kier alpha value is -1.07. The number of hydrogen-bond donors (Lipinski definition) is 1. The highest BCUT2D eigenvalue weighted by Gasteiger charge is 2.29. The lowest BCUT2D eigenvalue weighted by molar-refractivity contribution is -0.840. The summed E-state index contributed by atoms with van der Waals surface area (Å²) in [4.78, 5) is 0. The molecule has 0 radical (unpaired) electrons. The lowest BCUT2D eigenvalue weighted by atomic mass is 10.1. The summed E-state index contributed by atoms with van der Waals surface area (Å²) < 4.78 is 36.3. The van der Waals surface area contributed by atoms with Crippen LogP contribution in [0.15, 0.2) is 24.3 Å². The standard InChI is InChI=1S/C9H10F3NO/c1-13(14)6-7-2-4-8(5-3-7)9(10,11)12/h2-5,13H,6H2,1H3. The Labute approximate surface area is 79.5 Å². The van der Waals surface area contributed by atoms with Crippen LogP contribution in [-0.2, 0) is 12.7 Å². The third kappa shape index (κ3) is 3.01. The van der Waals surface area contributed by atoms with Crippen molar-refractivity contribution in [3.8, 4) is 0 Å². The third-order valence-corrected chi connectivity index (χ3v) is 1.73. The van der Waals surface area contributed by atoms with Gasteiger partial charge in [-0.25, -0.2) is 0 Å². The molecular formula is C9H10F3NO. The van der Waals surface area contributed by atoms with Gasteiger partial charge in [0.2, 0.25) is 0 Å². The van der Waals surface area contributed by atoms with Crippen LogP contribution in [0, 0.1) is 5.21 Å². The maximum atomic E-state index is 12.1. The van der Waals surface area contributed by atoms with Gasteiger partial charge in [0.05, 0.1) is 12.6 Å². The maximum absolute atomic E-state index is 12.1. The summed E-state index contributed by atoms with van der Waals surface area (Å²) in [7, 11) is 1.40. The number of rotatable bonds is 2. The number of hydroxylamine groups is 2. The Morgan fingerprint density at radius 3 is 2.07 bits per heavy atom. The van der Waals surface area contributed by atoms with Crippen molar-refractivity contribution in [1.29, 1.82) is 0 Å². The lowest BCUT2D eigenvalue weighted by Crippen LogP contribution is -3.02. The van der Waals surface area contributed by atoms with E-state index >= 15 is 0 Å². The van der Waals surface area contributed by atoms with E-state index in [1.807, 2.05) is 0 Å². The number of hydrogen-bond acceptors (Lipinski definition) is 1. The molecular weight excluding hydrogens is 195 g/mol. The molecule has 0 heterocycles. The molecule has 0 aliphatic rings. The normalized spacial score (nSPS) is 14.1. The molecule has 1 aromatic rings. The summed E-state index contributed by atoms with van der Waals surface area (Å²) in [6.07, 6.45) is -4.31. The molecule has 0 saturated heterocycles. The molecule has 1 aromatic carbocycles. The van der Waals surface area contributed by atoms with E-state index in [9.17, 15) is 18.4 Å². The molecule has 0 aliphatic heterocycles. The van der Waals surface area contributed by atoms with Gasteiger partial charge in [-0.2, -0.15) is 13.2 Å². The van der Waals surface area contributed by atoms with Crippen LogP contribution in [0.4, 0.5) is 13.2 Å². The van der Waals surface area contributed by atoms with Gasteiger partial charge in [0.1, 0.15) is 6.54 Å². The fourth-order valence-electron chi connectivity index (χ4n) is 1.10. The van der Waals surface area contributed by atoms with Gasteiger partial charge >= 0.3 is 6.18 Å². The second-order valence-corrected chi connectivity index (χ2v) is 3.07. The highest BCUT2D eigenvalue weighted by molar-refractivity contribution is 5.23. The number of halogens is 3. The van der Waals surface area contributed by atoms with Gasteiger partial charge in [-0.05, 0) is 12.1 Å². The first-order chi connectivity index (χ1) is 6.39. The van der Waals surface area contributed by atoms with E-state index in [0.717, 1.165) is 12.1 Å². The molecule has 0 spiro atoms. The number of quaternary nitrogens is 1. The molecule has 0 saturated carbocycles. The fraction of sp³-hybridized carbons (Fsp3) is 0.333. The molecule has 1 atom stereocenters. The van der Waals surface area contributed by atoms with E-state index in [4.69, 9.17) is 0 Å². The summed E-state index contributed by atoms with van der Waals surface area (Å²) in [5, 5.41) is 10.6. The molecule has 1 rings (SSSR count). The van der Waals surface area contributed by atoms with Crippen molar-refractivity contribution in [2.75, 3.05) is 7.05 Å². The molecule has 14 heavy (non-hydrogen) atoms. The van der Waals surface area contributed by atoms with Crippen molar-refractivity contribution in [3.63, 3.8) is 0 Å². The van der Waals surface area contributed by atoms with Gasteiger partial charge in [-0.3, -0.25) is 0 Å². The summed E-state index contributed by atoms with van der Waals surface area (Å²) in [6.45, 7) is 0.179. The highest BCUT2D eigenvalue weighted by atomic mass is 19.4. The van der Waals surface area contributed by atoms with E-state index in [-0.39, 0.29) is 11.6 Å². The van der Waals surface area contributed by atoms with Crippen LogP contribution in [0.5, 0.6) is 0 Å². The van der Waals surface area contributed by atoms with Crippen LogP contribution in [-0.4, -0.2) is 7.05 Å². The topological polar surface area (TPSA) is 27.5 Å². The van der Waals surface area contributed by atoms with Crippen molar-refractivity contribution in [3.05, 3.63) is 40.6 Å². The monoisotopic (exact) mass is 205 g/mol. The third-order valence-electron chi connectivity index (χ3n) is 1.73. The smallest absolute Gasteiger partial charge is 0.416 e. The van der Waals surface area contributed by atoms with Gasteiger partial charge < -0.3 is 10.3 Å². The van der Waals surface area contributed by atoms with Crippen molar-refractivity contribution in [1.82, 2.24) is 0 Å². The van der Waals surface area contributed by atoms with Gasteiger partial charge in [0.15, 0.2) is 0 Å².